The van der Waals surface area contributed by atoms with E-state index in [1.807, 2.05) is 24.3 Å². The van der Waals surface area contributed by atoms with Crippen molar-refractivity contribution >= 4 is 28.1 Å². The summed E-state index contributed by atoms with van der Waals surface area (Å²) in [5.74, 6) is 0.157. The number of nitrogens with two attached hydrogens (primary N) is 1. The van der Waals surface area contributed by atoms with Crippen molar-refractivity contribution in [2.75, 3.05) is 6.54 Å². The summed E-state index contributed by atoms with van der Waals surface area (Å²) in [6.07, 6.45) is 0. The highest BCUT2D eigenvalue weighted by molar-refractivity contribution is 7.88. The Morgan fingerprint density at radius 3 is 2.04 bits per heavy atom. The second-order valence-electron chi connectivity index (χ2n) is 6.46. The summed E-state index contributed by atoms with van der Waals surface area (Å²) in [7, 11) is -3.59. The maximum atomic E-state index is 12.2. The smallest absolute Gasteiger partial charge is 0.269 e. The lowest BCUT2D eigenvalue weighted by Crippen LogP contribution is -2.32. The van der Waals surface area contributed by atoms with Crippen molar-refractivity contribution in [1.29, 1.82) is 0 Å². The molecule has 1 atom stereocenters. The Hall–Kier alpha value is -2.00. The van der Waals surface area contributed by atoms with Gasteiger partial charge in [0, 0.05) is 24.7 Å². The summed E-state index contributed by atoms with van der Waals surface area (Å²) >= 11 is 0. The molecule has 0 heterocycles. The maximum Gasteiger partial charge on any atom is 0.269 e. The Bertz CT molecular complexity index is 853. The summed E-state index contributed by atoms with van der Waals surface area (Å²) in [6.45, 7) is 4.28. The first kappa shape index (κ1) is 23.0. The number of nitrogens with one attached hydrogen (secondary N) is 1. The zero-order valence-corrected chi connectivity index (χ0v) is 16.8. The number of non-ortho nitro benzene ring substituents is 1. The van der Waals surface area contributed by atoms with E-state index >= 15 is 0 Å². The SMILES string of the molecule is CC(C)c1ccc(C(N)CNS(=O)(=O)Cc2ccc([N+](=O)[O-])cc2)cc1.Cl. The number of nitrogens with zero attached hydrogens (tertiary/aromatic N) is 1. The second-order valence-corrected chi connectivity index (χ2v) is 8.27. The van der Waals surface area contributed by atoms with Crippen LogP contribution in [0, 0.1) is 10.1 Å². The number of nitro groups is 1. The van der Waals surface area contributed by atoms with E-state index in [-0.39, 0.29) is 30.4 Å². The molecule has 0 aliphatic rings. The van der Waals surface area contributed by atoms with E-state index in [2.05, 4.69) is 18.6 Å². The molecule has 9 heteroatoms. The van der Waals surface area contributed by atoms with Crippen LogP contribution in [-0.4, -0.2) is 19.9 Å². The first-order valence-corrected chi connectivity index (χ1v) is 9.89. The van der Waals surface area contributed by atoms with Gasteiger partial charge in [-0.15, -0.1) is 12.4 Å². The number of halogens is 1. The zero-order valence-electron chi connectivity index (χ0n) is 15.2. The number of hydrogen-bond acceptors (Lipinski definition) is 5. The van der Waals surface area contributed by atoms with Gasteiger partial charge in [-0.2, -0.15) is 0 Å². The highest BCUT2D eigenvalue weighted by Crippen LogP contribution is 2.18. The van der Waals surface area contributed by atoms with Crippen LogP contribution in [-0.2, 0) is 15.8 Å². The predicted molar refractivity (Wildman–Crippen MR) is 108 cm³/mol. The molecule has 2 rings (SSSR count). The molecule has 27 heavy (non-hydrogen) atoms. The van der Waals surface area contributed by atoms with E-state index in [0.29, 0.717) is 11.5 Å². The number of sulfonamides is 1. The average Bonchev–Trinajstić information content (AvgIpc) is 2.60. The van der Waals surface area contributed by atoms with Gasteiger partial charge in [-0.1, -0.05) is 50.2 Å². The van der Waals surface area contributed by atoms with Gasteiger partial charge < -0.3 is 5.73 Å². The molecular weight excluding hydrogens is 390 g/mol. The minimum absolute atomic E-state index is 0. The van der Waals surface area contributed by atoms with Crippen molar-refractivity contribution < 1.29 is 13.3 Å². The van der Waals surface area contributed by atoms with Gasteiger partial charge in [0.25, 0.3) is 5.69 Å². The first-order valence-electron chi connectivity index (χ1n) is 8.24. The van der Waals surface area contributed by atoms with Crippen molar-refractivity contribution in [3.05, 3.63) is 75.3 Å². The molecule has 0 aliphatic heterocycles. The minimum Gasteiger partial charge on any atom is -0.323 e. The summed E-state index contributed by atoms with van der Waals surface area (Å²) in [5, 5.41) is 10.6. The minimum atomic E-state index is -3.59. The van der Waals surface area contributed by atoms with E-state index < -0.39 is 21.0 Å². The Kier molecular flexibility index (Phi) is 8.36. The molecule has 0 amide bonds. The molecule has 0 aromatic heterocycles. The van der Waals surface area contributed by atoms with Gasteiger partial charge in [-0.25, -0.2) is 13.1 Å². The highest BCUT2D eigenvalue weighted by Gasteiger charge is 2.15. The van der Waals surface area contributed by atoms with Crippen molar-refractivity contribution in [3.63, 3.8) is 0 Å². The van der Waals surface area contributed by atoms with Gasteiger partial charge in [0.05, 0.1) is 10.7 Å². The summed E-state index contributed by atoms with van der Waals surface area (Å²) in [4.78, 5) is 10.1. The summed E-state index contributed by atoms with van der Waals surface area (Å²) in [6, 6.07) is 12.8. The number of nitro benzene ring substituents is 1. The quantitative estimate of drug-likeness (QED) is 0.509. The predicted octanol–water partition coefficient (Wildman–Crippen LogP) is 3.26. The molecule has 1 unspecified atom stereocenters. The van der Waals surface area contributed by atoms with E-state index in [1.165, 1.54) is 29.8 Å². The molecule has 0 aliphatic carbocycles. The number of rotatable bonds is 8. The van der Waals surface area contributed by atoms with Crippen LogP contribution in [0.15, 0.2) is 48.5 Å². The van der Waals surface area contributed by atoms with Crippen LogP contribution < -0.4 is 10.5 Å². The van der Waals surface area contributed by atoms with Crippen molar-refractivity contribution in [1.82, 2.24) is 4.72 Å². The Balaban J connectivity index is 0.00000364. The maximum absolute atomic E-state index is 12.2. The molecule has 148 valence electrons. The van der Waals surface area contributed by atoms with Crippen LogP contribution in [0.2, 0.25) is 0 Å². The topological polar surface area (TPSA) is 115 Å². The normalized spacial score (nSPS) is 12.4. The van der Waals surface area contributed by atoms with Crippen LogP contribution >= 0.6 is 12.4 Å². The van der Waals surface area contributed by atoms with E-state index in [0.717, 1.165) is 5.56 Å². The van der Waals surface area contributed by atoms with Gasteiger partial charge in [-0.05, 0) is 22.6 Å². The Labute approximate surface area is 165 Å². The van der Waals surface area contributed by atoms with Gasteiger partial charge in [0.1, 0.15) is 0 Å². The van der Waals surface area contributed by atoms with E-state index in [4.69, 9.17) is 5.73 Å². The fourth-order valence-electron chi connectivity index (χ4n) is 2.45. The summed E-state index contributed by atoms with van der Waals surface area (Å²) < 4.78 is 26.9. The molecule has 3 N–H and O–H groups in total. The molecule has 0 saturated heterocycles. The Morgan fingerprint density at radius 1 is 1.04 bits per heavy atom. The molecule has 2 aromatic carbocycles. The zero-order chi connectivity index (χ0) is 19.3. The largest absolute Gasteiger partial charge is 0.323 e. The third-order valence-electron chi connectivity index (χ3n) is 4.06. The van der Waals surface area contributed by atoms with Crippen molar-refractivity contribution in [2.45, 2.75) is 31.6 Å². The third kappa shape index (κ3) is 6.91. The third-order valence-corrected chi connectivity index (χ3v) is 5.38. The van der Waals surface area contributed by atoms with Gasteiger partial charge >= 0.3 is 0 Å². The number of benzene rings is 2. The van der Waals surface area contributed by atoms with Crippen LogP contribution in [0.1, 0.15) is 42.5 Å². The molecule has 0 bridgehead atoms. The molecule has 7 nitrogen and oxygen atoms in total. The lowest BCUT2D eigenvalue weighted by atomic mass is 9.99. The second kappa shape index (κ2) is 9.80. The van der Waals surface area contributed by atoms with Crippen LogP contribution in [0.5, 0.6) is 0 Å². The monoisotopic (exact) mass is 413 g/mol. The van der Waals surface area contributed by atoms with Crippen LogP contribution in [0.25, 0.3) is 0 Å². The molecule has 0 spiro atoms. The average molecular weight is 414 g/mol. The van der Waals surface area contributed by atoms with E-state index in [1.54, 1.807) is 0 Å². The molecule has 0 fully saturated rings. The van der Waals surface area contributed by atoms with E-state index in [9.17, 15) is 18.5 Å². The molecular formula is C18H24ClN3O4S. The molecule has 2 aromatic rings. The van der Waals surface area contributed by atoms with Crippen molar-refractivity contribution in [2.24, 2.45) is 5.73 Å². The van der Waals surface area contributed by atoms with Crippen LogP contribution in [0.3, 0.4) is 0 Å². The highest BCUT2D eigenvalue weighted by atomic mass is 35.5. The number of hydrogen-bond donors (Lipinski definition) is 2. The fraction of sp³-hybridized carbons (Fsp3) is 0.333. The standard InChI is InChI=1S/C18H23N3O4S.ClH/c1-13(2)15-5-7-16(8-6-15)18(19)11-20-26(24,25)12-14-3-9-17(10-4-14)21(22)23;/h3-10,13,18,20H,11-12,19H2,1-2H3;1H. The van der Waals surface area contributed by atoms with Gasteiger partial charge in [0.15, 0.2) is 0 Å². The molecule has 0 saturated carbocycles. The Morgan fingerprint density at radius 2 is 1.56 bits per heavy atom. The molecule has 0 radical (unpaired) electrons. The lowest BCUT2D eigenvalue weighted by molar-refractivity contribution is -0.384. The van der Waals surface area contributed by atoms with Gasteiger partial charge in [0.2, 0.25) is 10.0 Å². The first-order chi connectivity index (χ1) is 12.2. The van der Waals surface area contributed by atoms with Crippen molar-refractivity contribution in [3.8, 4) is 0 Å². The summed E-state index contributed by atoms with van der Waals surface area (Å²) in [5.41, 5.74) is 8.51. The van der Waals surface area contributed by atoms with Crippen LogP contribution in [0.4, 0.5) is 5.69 Å². The lowest BCUT2D eigenvalue weighted by Gasteiger charge is -2.15. The van der Waals surface area contributed by atoms with Gasteiger partial charge in [-0.3, -0.25) is 10.1 Å². The fourth-order valence-corrected chi connectivity index (χ4v) is 3.61.